The lowest BCUT2D eigenvalue weighted by atomic mass is 9.81. The molecule has 6 nitrogen and oxygen atoms in total. The molecule has 0 aliphatic heterocycles. The van der Waals surface area contributed by atoms with E-state index < -0.39 is 7.12 Å². The number of benzene rings is 4. The fourth-order valence-corrected chi connectivity index (χ4v) is 11.9. The summed E-state index contributed by atoms with van der Waals surface area (Å²) in [6.45, 7) is 4.06. The van der Waals surface area contributed by atoms with E-state index in [1.54, 1.807) is 43.8 Å². The average Bonchev–Trinajstić information content (AvgIpc) is 3.29. The maximum absolute atomic E-state index is 8.58. The summed E-state index contributed by atoms with van der Waals surface area (Å²) < 4.78 is 12.5. The fourth-order valence-electron chi connectivity index (χ4n) is 7.76. The van der Waals surface area contributed by atoms with Crippen molar-refractivity contribution in [1.82, 2.24) is 9.97 Å². The van der Waals surface area contributed by atoms with E-state index in [1.807, 2.05) is 74.8 Å². The van der Waals surface area contributed by atoms with Crippen LogP contribution in [-0.4, -0.2) is 52.7 Å². The van der Waals surface area contributed by atoms with Crippen LogP contribution >= 0.6 is 23.9 Å². The lowest BCUT2D eigenvalue weighted by Crippen LogP contribution is -2.29. The zero-order valence-electron chi connectivity index (χ0n) is 35.0. The van der Waals surface area contributed by atoms with E-state index >= 15 is 0 Å². The third kappa shape index (κ3) is 14.1. The Morgan fingerprint density at radius 1 is 0.576 bits per heavy atom. The summed E-state index contributed by atoms with van der Waals surface area (Å²) in [5, 5.41) is 18.7. The van der Waals surface area contributed by atoms with Crippen molar-refractivity contribution in [3.05, 3.63) is 156 Å². The lowest BCUT2D eigenvalue weighted by molar-refractivity contribution is 0.397. The monoisotopic (exact) mass is 872 g/mol. The molecule has 4 aromatic carbocycles. The van der Waals surface area contributed by atoms with E-state index in [1.165, 1.54) is 86.5 Å². The predicted octanol–water partition coefficient (Wildman–Crippen LogP) is 11.7. The van der Waals surface area contributed by atoms with Gasteiger partial charge in [-0.1, -0.05) is 150 Å². The van der Waals surface area contributed by atoms with Crippen LogP contribution in [0.5, 0.6) is 11.5 Å². The predicted molar refractivity (Wildman–Crippen MR) is 253 cm³/mol. The van der Waals surface area contributed by atoms with Crippen LogP contribution in [0.2, 0.25) is 0 Å². The van der Waals surface area contributed by atoms with Crippen molar-refractivity contribution in [1.29, 1.82) is 0 Å². The zero-order valence-corrected chi connectivity index (χ0v) is 37.5. The third-order valence-corrected chi connectivity index (χ3v) is 14.8. The second kappa shape index (κ2) is 24.7. The number of hydrogen-bond acceptors (Lipinski definition) is 6. The Morgan fingerprint density at radius 3 is 1.54 bits per heavy atom. The summed E-state index contributed by atoms with van der Waals surface area (Å²) in [4.78, 5) is 8.34. The van der Waals surface area contributed by atoms with E-state index in [0.29, 0.717) is 5.46 Å². The van der Waals surface area contributed by atoms with Crippen LogP contribution in [0.15, 0.2) is 144 Å². The molecule has 0 spiro atoms. The van der Waals surface area contributed by atoms with Gasteiger partial charge in [0.2, 0.25) is 0 Å². The Bertz CT molecular complexity index is 2020. The Balaban J connectivity index is 0.000000179. The number of pyridine rings is 2. The molecule has 8 rings (SSSR count). The highest BCUT2D eigenvalue weighted by Crippen LogP contribution is 2.57. The standard InChI is InChI=1S/C26H35O2P.C12H11N.C6H7BO2.C6H6BrN/c1-27-23-17-11-18-24(28-2)26(23)22-16-9-10-19-25(22)29(20-12-5-3-6-13-20)21-14-7-4-8-15-21;1-10-7-8-12(13-9-10)11-5-3-2-4-6-11;8-7(9)6-4-2-1-3-5-6;1-5-2-3-6(7)8-4-5/h9-11,16-21H,3-8,12-15H2,1-2H3;2-9H,1H3;1-5,8-9H;2-4H,1H3. The molecule has 2 aromatic heterocycles. The summed E-state index contributed by atoms with van der Waals surface area (Å²) >= 11 is 3.23. The molecule has 2 aliphatic rings. The van der Waals surface area contributed by atoms with Gasteiger partial charge in [-0.3, -0.25) is 4.98 Å². The van der Waals surface area contributed by atoms with E-state index in [-0.39, 0.29) is 7.92 Å². The summed E-state index contributed by atoms with van der Waals surface area (Å²) in [6, 6.07) is 42.2. The zero-order chi connectivity index (χ0) is 41.8. The first-order chi connectivity index (χ1) is 28.8. The summed E-state index contributed by atoms with van der Waals surface area (Å²) in [6.07, 6.45) is 17.9. The van der Waals surface area contributed by atoms with E-state index in [0.717, 1.165) is 38.7 Å². The van der Waals surface area contributed by atoms with Crippen LogP contribution in [0.1, 0.15) is 75.3 Å². The molecule has 0 unspecified atom stereocenters. The van der Waals surface area contributed by atoms with Crippen LogP contribution < -0.4 is 20.2 Å². The number of nitrogens with zero attached hydrogens (tertiary/aromatic N) is 2. The number of ether oxygens (including phenoxy) is 2. The first kappa shape index (κ1) is 45.8. The highest BCUT2D eigenvalue weighted by molar-refractivity contribution is 9.10. The maximum Gasteiger partial charge on any atom is 0.488 e. The highest BCUT2D eigenvalue weighted by atomic mass is 79.9. The van der Waals surface area contributed by atoms with Crippen LogP contribution in [0.25, 0.3) is 22.4 Å². The SMILES string of the molecule is COc1cccc(OC)c1-c1ccccc1P(C1CCCCC1)C1CCCCC1.Cc1ccc(-c2ccccc2)nc1.Cc1ccc(Br)nc1.OB(O)c1ccccc1. The molecule has 59 heavy (non-hydrogen) atoms. The van der Waals surface area contributed by atoms with Crippen molar-refractivity contribution in [3.63, 3.8) is 0 Å². The fraction of sp³-hybridized carbons (Fsp3) is 0.320. The van der Waals surface area contributed by atoms with Gasteiger partial charge >= 0.3 is 7.12 Å². The molecule has 0 atom stereocenters. The molecule has 9 heteroatoms. The molecular weight excluding hydrogens is 814 g/mol. The van der Waals surface area contributed by atoms with Crippen molar-refractivity contribution in [2.24, 2.45) is 0 Å². The summed E-state index contributed by atoms with van der Waals surface area (Å²) in [7, 11) is 2.02. The molecule has 2 saturated carbocycles. The second-order valence-electron chi connectivity index (χ2n) is 15.1. The molecule has 0 bridgehead atoms. The Kier molecular flexibility index (Phi) is 19.1. The molecule has 308 valence electrons. The Hall–Kier alpha value is -4.33. The van der Waals surface area contributed by atoms with Gasteiger partial charge in [0.1, 0.15) is 16.1 Å². The van der Waals surface area contributed by atoms with Crippen LogP contribution in [0.3, 0.4) is 0 Å². The van der Waals surface area contributed by atoms with Gasteiger partial charge in [-0.25, -0.2) is 4.98 Å². The Labute approximate surface area is 362 Å². The van der Waals surface area contributed by atoms with E-state index in [9.17, 15) is 0 Å². The number of hydrogen-bond donors (Lipinski definition) is 2. The van der Waals surface area contributed by atoms with Gasteiger partial charge in [-0.05, 0) is 119 Å². The second-order valence-corrected chi connectivity index (χ2v) is 18.6. The maximum atomic E-state index is 8.58. The molecule has 2 aliphatic carbocycles. The number of aryl methyl sites for hydroxylation is 2. The summed E-state index contributed by atoms with van der Waals surface area (Å²) in [5.74, 6) is 1.83. The highest BCUT2D eigenvalue weighted by Gasteiger charge is 2.34. The van der Waals surface area contributed by atoms with Crippen LogP contribution in [0, 0.1) is 13.8 Å². The summed E-state index contributed by atoms with van der Waals surface area (Å²) in [5.41, 5.74) is 9.34. The average molecular weight is 874 g/mol. The van der Waals surface area contributed by atoms with Crippen molar-refractivity contribution in [2.75, 3.05) is 14.2 Å². The Morgan fingerprint density at radius 2 is 1.08 bits per heavy atom. The van der Waals surface area contributed by atoms with Gasteiger partial charge in [0, 0.05) is 18.0 Å². The van der Waals surface area contributed by atoms with Gasteiger partial charge < -0.3 is 19.5 Å². The molecule has 2 heterocycles. The van der Waals surface area contributed by atoms with Crippen molar-refractivity contribution >= 4 is 41.7 Å². The minimum atomic E-state index is -1.34. The molecule has 2 fully saturated rings. The molecular formula is C50H59BBrN2O4P. The number of halogens is 1. The largest absolute Gasteiger partial charge is 0.496 e. The molecule has 0 radical (unpaired) electrons. The quantitative estimate of drug-likeness (QED) is 0.0900. The van der Waals surface area contributed by atoms with Gasteiger partial charge in [0.05, 0.1) is 25.5 Å². The van der Waals surface area contributed by atoms with Crippen molar-refractivity contribution in [2.45, 2.75) is 89.4 Å². The molecule has 0 amide bonds. The van der Waals surface area contributed by atoms with Crippen molar-refractivity contribution < 1.29 is 19.5 Å². The lowest BCUT2D eigenvalue weighted by Gasteiger charge is -2.39. The first-order valence-electron chi connectivity index (χ1n) is 20.8. The number of aromatic nitrogens is 2. The van der Waals surface area contributed by atoms with Gasteiger partial charge in [0.15, 0.2) is 0 Å². The minimum Gasteiger partial charge on any atom is -0.496 e. The molecule has 0 saturated heterocycles. The van der Waals surface area contributed by atoms with E-state index in [4.69, 9.17) is 19.5 Å². The van der Waals surface area contributed by atoms with Crippen LogP contribution in [0.4, 0.5) is 0 Å². The van der Waals surface area contributed by atoms with Gasteiger partial charge in [-0.15, -0.1) is 0 Å². The minimum absolute atomic E-state index is 0.182. The van der Waals surface area contributed by atoms with Gasteiger partial charge in [-0.2, -0.15) is 0 Å². The number of methoxy groups -OCH3 is 2. The van der Waals surface area contributed by atoms with Gasteiger partial charge in [0.25, 0.3) is 0 Å². The number of rotatable bonds is 8. The molecule has 2 N–H and O–H groups in total. The smallest absolute Gasteiger partial charge is 0.488 e. The van der Waals surface area contributed by atoms with E-state index in [2.05, 4.69) is 80.5 Å². The van der Waals surface area contributed by atoms with Crippen molar-refractivity contribution in [3.8, 4) is 33.9 Å². The topological polar surface area (TPSA) is 84.7 Å². The molecule has 6 aromatic rings. The van der Waals surface area contributed by atoms with Crippen LogP contribution in [-0.2, 0) is 0 Å². The first-order valence-corrected chi connectivity index (χ1v) is 23.1. The third-order valence-electron chi connectivity index (χ3n) is 10.8. The normalized spacial score (nSPS) is 14.0.